The van der Waals surface area contributed by atoms with Crippen molar-refractivity contribution in [2.24, 2.45) is 5.92 Å². The number of carbonyl (C=O) groups excluding carboxylic acids is 2. The number of carbonyl (C=O) groups is 2. The van der Waals surface area contributed by atoms with Crippen molar-refractivity contribution in [3.05, 3.63) is 57.5 Å². The lowest BCUT2D eigenvalue weighted by molar-refractivity contribution is -0.146. The van der Waals surface area contributed by atoms with Crippen molar-refractivity contribution in [2.45, 2.75) is 64.5 Å². The van der Waals surface area contributed by atoms with Crippen LogP contribution >= 0.6 is 11.3 Å². The van der Waals surface area contributed by atoms with Gasteiger partial charge < -0.3 is 9.80 Å². The smallest absolute Gasteiger partial charge is 0.243 e. The van der Waals surface area contributed by atoms with Gasteiger partial charge in [0.1, 0.15) is 12.4 Å². The molecule has 1 aromatic carbocycles. The lowest BCUT2D eigenvalue weighted by Crippen LogP contribution is -2.50. The number of hydrogen-bond acceptors (Lipinski definition) is 3. The molecule has 2 aliphatic rings. The highest BCUT2D eigenvalue weighted by Crippen LogP contribution is 2.38. The van der Waals surface area contributed by atoms with Crippen LogP contribution in [-0.4, -0.2) is 40.7 Å². The van der Waals surface area contributed by atoms with E-state index in [0.29, 0.717) is 6.54 Å². The first kappa shape index (κ1) is 22.0. The van der Waals surface area contributed by atoms with Gasteiger partial charge in [0.2, 0.25) is 11.8 Å². The van der Waals surface area contributed by atoms with E-state index >= 15 is 0 Å². The van der Waals surface area contributed by atoms with Crippen LogP contribution in [0.2, 0.25) is 0 Å². The summed E-state index contributed by atoms with van der Waals surface area (Å²) in [5.41, 5.74) is 2.02. The van der Waals surface area contributed by atoms with Gasteiger partial charge in [0, 0.05) is 23.4 Å². The maximum absolute atomic E-state index is 13.5. The van der Waals surface area contributed by atoms with Gasteiger partial charge in [-0.1, -0.05) is 31.4 Å². The molecule has 2 amide bonds. The predicted molar refractivity (Wildman–Crippen MR) is 121 cm³/mol. The number of fused-ring (bicyclic) bond motifs is 1. The number of thiophene rings is 1. The molecule has 1 atom stereocenters. The summed E-state index contributed by atoms with van der Waals surface area (Å²) in [6.45, 7) is 4.68. The van der Waals surface area contributed by atoms with Crippen LogP contribution in [0.15, 0.2) is 35.7 Å². The van der Waals surface area contributed by atoms with E-state index in [-0.39, 0.29) is 42.2 Å². The molecule has 4 rings (SSSR count). The van der Waals surface area contributed by atoms with Gasteiger partial charge in [-0.15, -0.1) is 11.3 Å². The first-order chi connectivity index (χ1) is 15.0. The van der Waals surface area contributed by atoms with Crippen LogP contribution in [0.5, 0.6) is 0 Å². The number of halogens is 1. The van der Waals surface area contributed by atoms with Gasteiger partial charge in [-0.25, -0.2) is 4.39 Å². The first-order valence-corrected chi connectivity index (χ1v) is 12.3. The highest BCUT2D eigenvalue weighted by atomic mass is 32.1. The van der Waals surface area contributed by atoms with E-state index in [2.05, 4.69) is 11.4 Å². The predicted octanol–water partition coefficient (Wildman–Crippen LogP) is 5.18. The standard InChI is InChI=1S/C25H31FN2O2S/c1-17(2)28(25(30)19-6-4-3-5-7-19)16-23(29)27-14-12-22-21(13-15-31-22)24(27)18-8-10-20(26)11-9-18/h8-11,13,15,17,19,24H,3-7,12,14,16H2,1-2H3. The minimum Gasteiger partial charge on any atom is -0.331 e. The molecule has 1 saturated carbocycles. The van der Waals surface area contributed by atoms with Gasteiger partial charge in [0.15, 0.2) is 0 Å². The molecule has 2 aromatic rings. The normalized spacial score (nSPS) is 19.4. The third-order valence-electron chi connectivity index (χ3n) is 6.64. The van der Waals surface area contributed by atoms with Crippen LogP contribution in [0.4, 0.5) is 4.39 Å². The number of amides is 2. The van der Waals surface area contributed by atoms with Crippen molar-refractivity contribution in [1.82, 2.24) is 9.80 Å². The number of benzene rings is 1. The Balaban J connectivity index is 1.58. The average Bonchev–Trinajstić information content (AvgIpc) is 3.26. The Morgan fingerprint density at radius 3 is 2.52 bits per heavy atom. The molecule has 4 nitrogen and oxygen atoms in total. The minimum atomic E-state index is -0.285. The Morgan fingerprint density at radius 1 is 1.13 bits per heavy atom. The molecule has 6 heteroatoms. The van der Waals surface area contributed by atoms with Gasteiger partial charge in [0.05, 0.1) is 6.04 Å². The van der Waals surface area contributed by atoms with E-state index in [1.807, 2.05) is 18.7 Å². The van der Waals surface area contributed by atoms with Crippen LogP contribution in [-0.2, 0) is 16.0 Å². The number of nitrogens with zero attached hydrogens (tertiary/aromatic N) is 2. The van der Waals surface area contributed by atoms with E-state index in [0.717, 1.165) is 43.2 Å². The van der Waals surface area contributed by atoms with Crippen molar-refractivity contribution in [1.29, 1.82) is 0 Å². The van der Waals surface area contributed by atoms with E-state index in [1.54, 1.807) is 28.4 Å². The summed E-state index contributed by atoms with van der Waals surface area (Å²) >= 11 is 1.71. The van der Waals surface area contributed by atoms with Crippen molar-refractivity contribution in [3.63, 3.8) is 0 Å². The van der Waals surface area contributed by atoms with Crippen LogP contribution in [0.3, 0.4) is 0 Å². The summed E-state index contributed by atoms with van der Waals surface area (Å²) in [6, 6.07) is 8.24. The van der Waals surface area contributed by atoms with Crippen molar-refractivity contribution in [2.75, 3.05) is 13.1 Å². The fourth-order valence-electron chi connectivity index (χ4n) is 4.93. The van der Waals surface area contributed by atoms with E-state index < -0.39 is 0 Å². The molecule has 1 unspecified atom stereocenters. The summed E-state index contributed by atoms with van der Waals surface area (Å²) in [6.07, 6.45) is 6.05. The molecule has 0 N–H and O–H groups in total. The topological polar surface area (TPSA) is 40.6 Å². The Hall–Kier alpha value is -2.21. The molecule has 1 fully saturated rings. The van der Waals surface area contributed by atoms with E-state index in [4.69, 9.17) is 0 Å². The van der Waals surface area contributed by atoms with Gasteiger partial charge >= 0.3 is 0 Å². The van der Waals surface area contributed by atoms with Gasteiger partial charge in [-0.05, 0) is 67.8 Å². The molecule has 166 valence electrons. The van der Waals surface area contributed by atoms with Crippen LogP contribution < -0.4 is 0 Å². The second kappa shape index (κ2) is 9.51. The molecule has 0 radical (unpaired) electrons. The zero-order chi connectivity index (χ0) is 22.0. The Morgan fingerprint density at radius 2 is 1.84 bits per heavy atom. The van der Waals surface area contributed by atoms with Gasteiger partial charge in [0.25, 0.3) is 0 Å². The lowest BCUT2D eigenvalue weighted by Gasteiger charge is -2.39. The van der Waals surface area contributed by atoms with Gasteiger partial charge in [-0.3, -0.25) is 9.59 Å². The largest absolute Gasteiger partial charge is 0.331 e. The third kappa shape index (κ3) is 4.69. The zero-order valence-corrected chi connectivity index (χ0v) is 19.2. The van der Waals surface area contributed by atoms with E-state index in [9.17, 15) is 14.0 Å². The third-order valence-corrected chi connectivity index (χ3v) is 7.63. The Labute approximate surface area is 188 Å². The van der Waals surface area contributed by atoms with Crippen molar-refractivity contribution in [3.8, 4) is 0 Å². The molecular formula is C25H31FN2O2S. The Kier molecular flexibility index (Phi) is 6.75. The summed E-state index contributed by atoms with van der Waals surface area (Å²) in [5, 5.41) is 2.06. The number of rotatable bonds is 5. The average molecular weight is 443 g/mol. The second-order valence-corrected chi connectivity index (χ2v) is 9.99. The molecule has 1 aromatic heterocycles. The molecule has 2 heterocycles. The Bertz CT molecular complexity index is 918. The highest BCUT2D eigenvalue weighted by molar-refractivity contribution is 7.10. The quantitative estimate of drug-likeness (QED) is 0.640. The van der Waals surface area contributed by atoms with Crippen LogP contribution in [0.25, 0.3) is 0 Å². The molecule has 31 heavy (non-hydrogen) atoms. The molecular weight excluding hydrogens is 411 g/mol. The minimum absolute atomic E-state index is 0.0239. The number of hydrogen-bond donors (Lipinski definition) is 0. The van der Waals surface area contributed by atoms with E-state index in [1.165, 1.54) is 23.4 Å². The summed E-state index contributed by atoms with van der Waals surface area (Å²) in [4.78, 5) is 31.7. The fraction of sp³-hybridized carbons (Fsp3) is 0.520. The first-order valence-electron chi connectivity index (χ1n) is 11.4. The maximum atomic E-state index is 13.5. The summed E-state index contributed by atoms with van der Waals surface area (Å²) < 4.78 is 13.5. The van der Waals surface area contributed by atoms with Crippen LogP contribution in [0.1, 0.15) is 68.0 Å². The maximum Gasteiger partial charge on any atom is 0.243 e. The van der Waals surface area contributed by atoms with Gasteiger partial charge in [-0.2, -0.15) is 0 Å². The second-order valence-electron chi connectivity index (χ2n) is 8.99. The summed E-state index contributed by atoms with van der Waals surface area (Å²) in [5.74, 6) is -0.160. The molecule has 0 saturated heterocycles. The molecule has 1 aliphatic heterocycles. The van der Waals surface area contributed by atoms with Crippen molar-refractivity contribution < 1.29 is 14.0 Å². The SMILES string of the molecule is CC(C)N(CC(=O)N1CCc2sccc2C1c1ccc(F)cc1)C(=O)C1CCCCC1. The summed E-state index contributed by atoms with van der Waals surface area (Å²) in [7, 11) is 0. The fourth-order valence-corrected chi connectivity index (χ4v) is 5.83. The molecule has 0 bridgehead atoms. The van der Waals surface area contributed by atoms with Crippen LogP contribution in [0, 0.1) is 11.7 Å². The lowest BCUT2D eigenvalue weighted by atomic mass is 9.88. The zero-order valence-electron chi connectivity index (χ0n) is 18.4. The monoisotopic (exact) mass is 442 g/mol. The highest BCUT2D eigenvalue weighted by Gasteiger charge is 2.35. The molecule has 1 aliphatic carbocycles. The molecule has 0 spiro atoms. The van der Waals surface area contributed by atoms with Crippen molar-refractivity contribution >= 4 is 23.2 Å².